The van der Waals surface area contributed by atoms with Gasteiger partial charge in [0.25, 0.3) is 0 Å². The lowest BCUT2D eigenvalue weighted by Gasteiger charge is -2.27. The molecule has 0 spiro atoms. The summed E-state index contributed by atoms with van der Waals surface area (Å²) in [6.45, 7) is 13.6. The summed E-state index contributed by atoms with van der Waals surface area (Å²) >= 11 is 0. The van der Waals surface area contributed by atoms with Gasteiger partial charge in [0, 0.05) is 12.0 Å². The number of carbonyl (C=O) groups excluding carboxylic acids is 1. The van der Waals surface area contributed by atoms with Gasteiger partial charge < -0.3 is 15.8 Å². The van der Waals surface area contributed by atoms with Crippen molar-refractivity contribution in [1.29, 1.82) is 0 Å². The zero-order valence-electron chi connectivity index (χ0n) is 15.8. The topological polar surface area (TPSA) is 64.3 Å². The maximum atomic E-state index is 12.0. The van der Waals surface area contributed by atoms with Crippen LogP contribution in [0.4, 0.5) is 0 Å². The Morgan fingerprint density at radius 3 is 2.17 bits per heavy atom. The second kappa shape index (κ2) is 9.90. The molecule has 1 amide bonds. The molecule has 3 N–H and O–H groups in total. The molecule has 0 saturated heterocycles. The monoisotopic (exact) mass is 356 g/mol. The lowest BCUT2D eigenvalue weighted by molar-refractivity contribution is -0.123. The van der Waals surface area contributed by atoms with Gasteiger partial charge in [0.2, 0.25) is 5.91 Å². The molecule has 24 heavy (non-hydrogen) atoms. The van der Waals surface area contributed by atoms with Gasteiger partial charge in [0.15, 0.2) is 0 Å². The number of benzene rings is 1. The molecule has 0 fully saturated rings. The molecule has 0 heterocycles. The second-order valence-corrected chi connectivity index (χ2v) is 7.60. The summed E-state index contributed by atoms with van der Waals surface area (Å²) in [6, 6.07) is 7.63. The summed E-state index contributed by atoms with van der Waals surface area (Å²) in [6.07, 6.45) is 0. The fraction of sp³-hybridized carbons (Fsp3) is 0.632. The van der Waals surface area contributed by atoms with E-state index >= 15 is 0 Å². The number of carbonyl (C=O) groups is 1. The first-order valence-corrected chi connectivity index (χ1v) is 8.40. The van der Waals surface area contributed by atoms with Crippen molar-refractivity contribution in [3.8, 4) is 5.75 Å². The third kappa shape index (κ3) is 7.10. The van der Waals surface area contributed by atoms with Gasteiger partial charge in [-0.1, -0.05) is 53.7 Å². The predicted molar refractivity (Wildman–Crippen MR) is 103 cm³/mol. The SMILES string of the molecule is CC(C)COc1ccc(C(C)(C)CNC(=O)[C@@H](N)C(C)C)cc1.Cl. The van der Waals surface area contributed by atoms with Crippen LogP contribution in [0.1, 0.15) is 47.1 Å². The molecule has 0 aromatic heterocycles. The number of nitrogens with two attached hydrogens (primary N) is 1. The molecule has 1 atom stereocenters. The highest BCUT2D eigenvalue weighted by molar-refractivity contribution is 5.85. The first-order valence-electron chi connectivity index (χ1n) is 8.40. The Morgan fingerprint density at radius 2 is 1.71 bits per heavy atom. The molecule has 0 aliphatic heterocycles. The first kappa shape index (κ1) is 22.7. The highest BCUT2D eigenvalue weighted by Crippen LogP contribution is 2.25. The van der Waals surface area contributed by atoms with Crippen molar-refractivity contribution >= 4 is 18.3 Å². The molecule has 0 unspecified atom stereocenters. The van der Waals surface area contributed by atoms with E-state index in [1.807, 2.05) is 26.0 Å². The van der Waals surface area contributed by atoms with Crippen LogP contribution >= 0.6 is 12.4 Å². The van der Waals surface area contributed by atoms with Crippen LogP contribution in [0, 0.1) is 11.8 Å². The number of ether oxygens (including phenoxy) is 1. The van der Waals surface area contributed by atoms with E-state index in [1.165, 1.54) is 0 Å². The highest BCUT2D eigenvalue weighted by Gasteiger charge is 2.24. The summed E-state index contributed by atoms with van der Waals surface area (Å²) in [5.41, 5.74) is 6.87. The van der Waals surface area contributed by atoms with Gasteiger partial charge in [-0.25, -0.2) is 0 Å². The zero-order valence-corrected chi connectivity index (χ0v) is 16.6. The standard InChI is InChI=1S/C19H32N2O2.ClH/c1-13(2)11-23-16-9-7-15(8-10-16)19(5,6)12-21-18(22)17(20)14(3)4;/h7-10,13-14,17H,11-12,20H2,1-6H3,(H,21,22);1H/t17-;/m0./s1. The molecular formula is C19H33ClN2O2. The number of amides is 1. The van der Waals surface area contributed by atoms with Gasteiger partial charge in [-0.15, -0.1) is 12.4 Å². The lowest BCUT2D eigenvalue weighted by atomic mass is 9.84. The Kier molecular flexibility index (Phi) is 9.38. The normalized spacial score (nSPS) is 12.7. The van der Waals surface area contributed by atoms with Crippen molar-refractivity contribution in [1.82, 2.24) is 5.32 Å². The van der Waals surface area contributed by atoms with Crippen LogP contribution < -0.4 is 15.8 Å². The summed E-state index contributed by atoms with van der Waals surface area (Å²) in [7, 11) is 0. The molecule has 1 rings (SSSR count). The van der Waals surface area contributed by atoms with Gasteiger partial charge in [-0.2, -0.15) is 0 Å². The molecule has 0 saturated carbocycles. The van der Waals surface area contributed by atoms with Crippen molar-refractivity contribution in [3.63, 3.8) is 0 Å². The average molecular weight is 357 g/mol. The molecule has 0 aliphatic carbocycles. The zero-order chi connectivity index (χ0) is 17.6. The Balaban J connectivity index is 0.00000529. The number of halogens is 1. The van der Waals surface area contributed by atoms with Gasteiger partial charge in [-0.05, 0) is 29.5 Å². The van der Waals surface area contributed by atoms with Gasteiger partial charge in [0.1, 0.15) is 5.75 Å². The lowest BCUT2D eigenvalue weighted by Crippen LogP contribution is -2.47. The van der Waals surface area contributed by atoms with Gasteiger partial charge in [0.05, 0.1) is 12.6 Å². The van der Waals surface area contributed by atoms with Crippen molar-refractivity contribution in [2.75, 3.05) is 13.2 Å². The summed E-state index contributed by atoms with van der Waals surface area (Å²) in [5.74, 6) is 1.43. The number of rotatable bonds is 8. The predicted octanol–water partition coefficient (Wildman–Crippen LogP) is 3.52. The second-order valence-electron chi connectivity index (χ2n) is 7.60. The van der Waals surface area contributed by atoms with Crippen LogP contribution in [0.15, 0.2) is 24.3 Å². The third-order valence-corrected chi connectivity index (χ3v) is 3.94. The number of hydrogen-bond donors (Lipinski definition) is 2. The number of nitrogens with one attached hydrogen (secondary N) is 1. The average Bonchev–Trinajstić information content (AvgIpc) is 2.50. The molecule has 138 valence electrons. The summed E-state index contributed by atoms with van der Waals surface area (Å²) < 4.78 is 5.70. The van der Waals surface area contributed by atoms with E-state index < -0.39 is 6.04 Å². The molecular weight excluding hydrogens is 324 g/mol. The molecule has 1 aromatic rings. The van der Waals surface area contributed by atoms with E-state index in [2.05, 4.69) is 45.1 Å². The van der Waals surface area contributed by atoms with Crippen molar-refractivity contribution < 1.29 is 9.53 Å². The maximum absolute atomic E-state index is 12.0. The van der Waals surface area contributed by atoms with E-state index in [9.17, 15) is 4.79 Å². The minimum absolute atomic E-state index is 0. The quantitative estimate of drug-likeness (QED) is 0.749. The fourth-order valence-electron chi connectivity index (χ4n) is 2.10. The van der Waals surface area contributed by atoms with E-state index in [4.69, 9.17) is 10.5 Å². The van der Waals surface area contributed by atoms with Crippen molar-refractivity contribution in [2.24, 2.45) is 17.6 Å². The summed E-state index contributed by atoms with van der Waals surface area (Å²) in [4.78, 5) is 12.0. The molecule has 0 radical (unpaired) electrons. The maximum Gasteiger partial charge on any atom is 0.237 e. The smallest absolute Gasteiger partial charge is 0.237 e. The Morgan fingerprint density at radius 1 is 1.17 bits per heavy atom. The fourth-order valence-corrected chi connectivity index (χ4v) is 2.10. The minimum atomic E-state index is -0.461. The Labute approximate surface area is 152 Å². The van der Waals surface area contributed by atoms with Crippen molar-refractivity contribution in [2.45, 2.75) is 53.0 Å². The first-order chi connectivity index (χ1) is 10.6. The molecule has 0 bridgehead atoms. The van der Waals surface area contributed by atoms with E-state index in [1.54, 1.807) is 0 Å². The minimum Gasteiger partial charge on any atom is -0.493 e. The Bertz CT molecular complexity index is 499. The van der Waals surface area contributed by atoms with Crippen LogP contribution in [0.2, 0.25) is 0 Å². The van der Waals surface area contributed by atoms with Gasteiger partial charge >= 0.3 is 0 Å². The van der Waals surface area contributed by atoms with Crippen LogP contribution in [-0.4, -0.2) is 25.1 Å². The van der Waals surface area contributed by atoms with Gasteiger partial charge in [-0.3, -0.25) is 4.79 Å². The largest absolute Gasteiger partial charge is 0.493 e. The molecule has 1 aromatic carbocycles. The highest BCUT2D eigenvalue weighted by atomic mass is 35.5. The number of hydrogen-bond acceptors (Lipinski definition) is 3. The molecule has 5 heteroatoms. The summed E-state index contributed by atoms with van der Waals surface area (Å²) in [5, 5.41) is 2.96. The molecule has 4 nitrogen and oxygen atoms in total. The third-order valence-electron chi connectivity index (χ3n) is 3.94. The van der Waals surface area contributed by atoms with Crippen LogP contribution in [0.5, 0.6) is 5.75 Å². The van der Waals surface area contributed by atoms with E-state index in [0.717, 1.165) is 11.3 Å². The molecule has 0 aliphatic rings. The van der Waals surface area contributed by atoms with Crippen LogP contribution in [0.25, 0.3) is 0 Å². The van der Waals surface area contributed by atoms with E-state index in [-0.39, 0.29) is 29.6 Å². The Hall–Kier alpha value is -1.26. The van der Waals surface area contributed by atoms with Crippen LogP contribution in [-0.2, 0) is 10.2 Å². The van der Waals surface area contributed by atoms with Crippen molar-refractivity contribution in [3.05, 3.63) is 29.8 Å². The van der Waals surface area contributed by atoms with Crippen LogP contribution in [0.3, 0.4) is 0 Å². The van der Waals surface area contributed by atoms with E-state index in [0.29, 0.717) is 19.1 Å².